The van der Waals surface area contributed by atoms with Gasteiger partial charge in [0.05, 0.1) is 6.04 Å². The zero-order chi connectivity index (χ0) is 11.0. The van der Waals surface area contributed by atoms with E-state index in [-0.39, 0.29) is 18.2 Å². The number of hydrogen-bond acceptors (Lipinski definition) is 2. The molecule has 1 saturated heterocycles. The van der Waals surface area contributed by atoms with E-state index in [0.717, 1.165) is 6.42 Å². The maximum absolute atomic E-state index is 11.3. The number of hydrogen-bond donors (Lipinski definition) is 0. The van der Waals surface area contributed by atoms with Gasteiger partial charge >= 0.3 is 6.09 Å². The highest BCUT2D eigenvalue weighted by molar-refractivity contribution is 5.71. The summed E-state index contributed by atoms with van der Waals surface area (Å²) in [5.74, 6) is 0.640. The standard InChI is InChI=1S/C12H17NO2/c1-8(2)6-9-4-5-11-10(7-9)13(3)12(14)15-11/h4-5,7-8,10-11H,6H2,1-3H3. The molecule has 3 nitrogen and oxygen atoms in total. The maximum atomic E-state index is 11.3. The van der Waals surface area contributed by atoms with E-state index in [1.54, 1.807) is 11.9 Å². The molecular weight excluding hydrogens is 190 g/mol. The van der Waals surface area contributed by atoms with Gasteiger partial charge < -0.3 is 9.64 Å². The molecule has 2 aliphatic rings. The molecule has 1 amide bonds. The van der Waals surface area contributed by atoms with Gasteiger partial charge in [0.1, 0.15) is 6.10 Å². The van der Waals surface area contributed by atoms with Crippen LogP contribution in [0.15, 0.2) is 23.8 Å². The first-order valence-electron chi connectivity index (χ1n) is 5.40. The average Bonchev–Trinajstić information content (AvgIpc) is 2.43. The van der Waals surface area contributed by atoms with Crippen molar-refractivity contribution in [3.8, 4) is 0 Å². The van der Waals surface area contributed by atoms with Crippen LogP contribution in [0.2, 0.25) is 0 Å². The number of allylic oxidation sites excluding steroid dienone is 2. The van der Waals surface area contributed by atoms with Gasteiger partial charge in [0.15, 0.2) is 0 Å². The van der Waals surface area contributed by atoms with E-state index < -0.39 is 0 Å². The lowest BCUT2D eigenvalue weighted by Gasteiger charge is -2.21. The van der Waals surface area contributed by atoms with E-state index in [0.29, 0.717) is 5.92 Å². The highest BCUT2D eigenvalue weighted by Crippen LogP contribution is 2.27. The quantitative estimate of drug-likeness (QED) is 0.695. The Kier molecular flexibility index (Phi) is 2.55. The molecule has 0 N–H and O–H groups in total. The number of ether oxygens (including phenoxy) is 1. The van der Waals surface area contributed by atoms with Crippen LogP contribution >= 0.6 is 0 Å². The fourth-order valence-electron chi connectivity index (χ4n) is 2.07. The first-order chi connectivity index (χ1) is 7.08. The van der Waals surface area contributed by atoms with Crippen LogP contribution in [0.3, 0.4) is 0 Å². The van der Waals surface area contributed by atoms with Crippen molar-refractivity contribution in [3.63, 3.8) is 0 Å². The molecule has 2 rings (SSSR count). The molecule has 2 atom stereocenters. The molecule has 0 aromatic heterocycles. The van der Waals surface area contributed by atoms with Crippen LogP contribution in [0.1, 0.15) is 20.3 Å². The van der Waals surface area contributed by atoms with Gasteiger partial charge in [0.2, 0.25) is 0 Å². The van der Waals surface area contributed by atoms with Gasteiger partial charge in [-0.3, -0.25) is 0 Å². The van der Waals surface area contributed by atoms with Crippen LogP contribution < -0.4 is 0 Å². The van der Waals surface area contributed by atoms with Gasteiger partial charge in [-0.05, 0) is 24.0 Å². The summed E-state index contributed by atoms with van der Waals surface area (Å²) in [5.41, 5.74) is 1.30. The van der Waals surface area contributed by atoms with E-state index >= 15 is 0 Å². The van der Waals surface area contributed by atoms with Gasteiger partial charge in [-0.2, -0.15) is 0 Å². The molecule has 82 valence electrons. The van der Waals surface area contributed by atoms with Crippen molar-refractivity contribution < 1.29 is 9.53 Å². The molecule has 0 saturated carbocycles. The second kappa shape index (κ2) is 3.72. The minimum Gasteiger partial charge on any atom is -0.439 e. The van der Waals surface area contributed by atoms with Gasteiger partial charge in [-0.1, -0.05) is 26.0 Å². The fraction of sp³-hybridized carbons (Fsp3) is 0.583. The van der Waals surface area contributed by atoms with E-state index in [1.165, 1.54) is 5.57 Å². The van der Waals surface area contributed by atoms with Crippen molar-refractivity contribution in [2.24, 2.45) is 5.92 Å². The SMILES string of the molecule is CC(C)CC1=CC2C(C=C1)OC(=O)N2C. The Morgan fingerprint density at radius 3 is 2.93 bits per heavy atom. The molecule has 1 heterocycles. The fourth-order valence-corrected chi connectivity index (χ4v) is 2.07. The van der Waals surface area contributed by atoms with Gasteiger partial charge in [-0.15, -0.1) is 0 Å². The summed E-state index contributed by atoms with van der Waals surface area (Å²) >= 11 is 0. The molecule has 0 bridgehead atoms. The minimum atomic E-state index is -0.225. The van der Waals surface area contributed by atoms with Gasteiger partial charge in [0, 0.05) is 7.05 Å². The number of amides is 1. The third kappa shape index (κ3) is 1.91. The number of carbonyl (C=O) groups excluding carboxylic acids is 1. The van der Waals surface area contributed by atoms with Crippen LogP contribution in [0.4, 0.5) is 4.79 Å². The van der Waals surface area contributed by atoms with Crippen molar-refractivity contribution in [3.05, 3.63) is 23.8 Å². The second-order valence-corrected chi connectivity index (χ2v) is 4.65. The van der Waals surface area contributed by atoms with E-state index in [1.807, 2.05) is 6.08 Å². The van der Waals surface area contributed by atoms with Crippen LogP contribution in [-0.4, -0.2) is 30.2 Å². The van der Waals surface area contributed by atoms with Crippen LogP contribution in [-0.2, 0) is 4.74 Å². The topological polar surface area (TPSA) is 29.5 Å². The van der Waals surface area contributed by atoms with E-state index in [4.69, 9.17) is 4.74 Å². The third-order valence-electron chi connectivity index (χ3n) is 2.84. The minimum absolute atomic E-state index is 0.0848. The third-order valence-corrected chi connectivity index (χ3v) is 2.84. The summed E-state index contributed by atoms with van der Waals surface area (Å²) in [7, 11) is 1.79. The summed E-state index contributed by atoms with van der Waals surface area (Å²) in [4.78, 5) is 13.0. The lowest BCUT2D eigenvalue weighted by atomic mass is 9.94. The predicted octanol–water partition coefficient (Wildman–Crippen LogP) is 2.35. The summed E-state index contributed by atoms with van der Waals surface area (Å²) in [6.45, 7) is 4.39. The summed E-state index contributed by atoms with van der Waals surface area (Å²) in [5, 5.41) is 0. The highest BCUT2D eigenvalue weighted by Gasteiger charge is 2.37. The predicted molar refractivity (Wildman–Crippen MR) is 58.5 cm³/mol. The average molecular weight is 207 g/mol. The lowest BCUT2D eigenvalue weighted by Crippen LogP contribution is -2.32. The van der Waals surface area contributed by atoms with Crippen molar-refractivity contribution >= 4 is 6.09 Å². The van der Waals surface area contributed by atoms with Crippen LogP contribution in [0, 0.1) is 5.92 Å². The first kappa shape index (κ1) is 10.3. The lowest BCUT2D eigenvalue weighted by molar-refractivity contribution is 0.148. The van der Waals surface area contributed by atoms with Crippen molar-refractivity contribution in [2.75, 3.05) is 7.05 Å². The Morgan fingerprint density at radius 2 is 2.27 bits per heavy atom. The Morgan fingerprint density at radius 1 is 1.53 bits per heavy atom. The van der Waals surface area contributed by atoms with Crippen LogP contribution in [0.5, 0.6) is 0 Å². The van der Waals surface area contributed by atoms with Crippen molar-refractivity contribution in [1.82, 2.24) is 4.90 Å². The van der Waals surface area contributed by atoms with E-state index in [9.17, 15) is 4.79 Å². The Labute approximate surface area is 90.4 Å². The summed E-state index contributed by atoms with van der Waals surface area (Å²) in [6, 6.07) is 0.0937. The molecule has 0 aromatic rings. The van der Waals surface area contributed by atoms with Gasteiger partial charge in [-0.25, -0.2) is 4.79 Å². The zero-order valence-corrected chi connectivity index (χ0v) is 9.43. The molecule has 0 radical (unpaired) electrons. The number of carbonyl (C=O) groups is 1. The second-order valence-electron chi connectivity index (χ2n) is 4.65. The molecule has 2 unspecified atom stereocenters. The molecular formula is C12H17NO2. The van der Waals surface area contributed by atoms with E-state index in [2.05, 4.69) is 26.0 Å². The monoisotopic (exact) mass is 207 g/mol. The molecule has 15 heavy (non-hydrogen) atoms. The number of rotatable bonds is 2. The highest BCUT2D eigenvalue weighted by atomic mass is 16.6. The molecule has 3 heteroatoms. The zero-order valence-electron chi connectivity index (χ0n) is 9.43. The smallest absolute Gasteiger partial charge is 0.410 e. The molecule has 1 aliphatic carbocycles. The number of fused-ring (bicyclic) bond motifs is 1. The molecule has 0 spiro atoms. The number of nitrogens with zero attached hydrogens (tertiary/aromatic N) is 1. The summed E-state index contributed by atoms with van der Waals surface area (Å²) < 4.78 is 5.19. The number of likely N-dealkylation sites (N-methyl/N-ethyl adjacent to an activating group) is 1. The van der Waals surface area contributed by atoms with Crippen molar-refractivity contribution in [1.29, 1.82) is 0 Å². The first-order valence-corrected chi connectivity index (χ1v) is 5.40. The maximum Gasteiger partial charge on any atom is 0.410 e. The Hall–Kier alpha value is -1.25. The molecule has 1 aliphatic heterocycles. The molecule has 1 fully saturated rings. The largest absolute Gasteiger partial charge is 0.439 e. The Balaban J connectivity index is 2.14. The van der Waals surface area contributed by atoms with Gasteiger partial charge in [0.25, 0.3) is 0 Å². The normalized spacial score (nSPS) is 29.2. The molecule has 0 aromatic carbocycles. The summed E-state index contributed by atoms with van der Waals surface area (Å²) in [6.07, 6.45) is 6.96. The van der Waals surface area contributed by atoms with Crippen molar-refractivity contribution in [2.45, 2.75) is 32.4 Å². The van der Waals surface area contributed by atoms with Crippen LogP contribution in [0.25, 0.3) is 0 Å². The Bertz CT molecular complexity index is 331.